The predicted octanol–water partition coefficient (Wildman–Crippen LogP) is 4.54. The highest BCUT2D eigenvalue weighted by Gasteiger charge is 2.24. The van der Waals surface area contributed by atoms with Crippen molar-refractivity contribution in [3.8, 4) is 0 Å². The monoisotopic (exact) mass is 376 g/mol. The molecular weight excluding hydrogens is 356 g/mol. The maximum Gasteiger partial charge on any atom is 0.241 e. The van der Waals surface area contributed by atoms with Crippen LogP contribution in [0, 0.1) is 6.92 Å². The molecule has 0 fully saturated rings. The molecule has 4 nitrogen and oxygen atoms in total. The van der Waals surface area contributed by atoms with Gasteiger partial charge in [-0.2, -0.15) is 4.72 Å². The number of hydrogen-bond donors (Lipinski definition) is 2. The van der Waals surface area contributed by atoms with Crippen molar-refractivity contribution >= 4 is 20.9 Å². The molecule has 0 amide bonds. The van der Waals surface area contributed by atoms with E-state index in [1.807, 2.05) is 61.7 Å². The largest absolute Gasteiger partial charge is 0.361 e. The van der Waals surface area contributed by atoms with Crippen molar-refractivity contribution in [1.29, 1.82) is 0 Å². The van der Waals surface area contributed by atoms with Crippen LogP contribution >= 0.6 is 0 Å². The summed E-state index contributed by atoms with van der Waals surface area (Å²) in [6, 6.07) is 23.8. The molecule has 1 aromatic heterocycles. The van der Waals surface area contributed by atoms with Crippen molar-refractivity contribution in [2.45, 2.75) is 17.9 Å². The van der Waals surface area contributed by atoms with Gasteiger partial charge in [-0.1, -0.05) is 66.2 Å². The van der Waals surface area contributed by atoms with Crippen LogP contribution in [0.4, 0.5) is 0 Å². The van der Waals surface area contributed by atoms with Crippen LogP contribution in [0.5, 0.6) is 0 Å². The van der Waals surface area contributed by atoms with Crippen molar-refractivity contribution in [3.63, 3.8) is 0 Å². The first-order valence-electron chi connectivity index (χ1n) is 8.74. The lowest BCUT2D eigenvalue weighted by molar-refractivity contribution is 0.572. The number of aryl methyl sites for hydroxylation is 1. The smallest absolute Gasteiger partial charge is 0.241 e. The van der Waals surface area contributed by atoms with Crippen LogP contribution in [0.2, 0.25) is 0 Å². The third-order valence-corrected chi connectivity index (χ3v) is 6.11. The Morgan fingerprint density at radius 1 is 0.852 bits per heavy atom. The molecular formula is C22H20N2O2S. The fraction of sp³-hybridized carbons (Fsp3) is 0.0909. The summed E-state index contributed by atoms with van der Waals surface area (Å²) < 4.78 is 28.9. The Labute approximate surface area is 158 Å². The number of fused-ring (bicyclic) bond motifs is 1. The van der Waals surface area contributed by atoms with Crippen LogP contribution in [0.3, 0.4) is 0 Å². The molecule has 2 N–H and O–H groups in total. The van der Waals surface area contributed by atoms with Crippen LogP contribution in [0.15, 0.2) is 90.0 Å². The molecule has 0 saturated heterocycles. The van der Waals surface area contributed by atoms with Gasteiger partial charge in [0.05, 0.1) is 10.9 Å². The van der Waals surface area contributed by atoms with Gasteiger partial charge in [0.25, 0.3) is 0 Å². The maximum atomic E-state index is 13.0. The highest BCUT2D eigenvalue weighted by molar-refractivity contribution is 7.89. The summed E-state index contributed by atoms with van der Waals surface area (Å²) in [6.45, 7) is 2.01. The third kappa shape index (κ3) is 3.52. The van der Waals surface area contributed by atoms with Gasteiger partial charge in [0.1, 0.15) is 0 Å². The molecule has 4 aromatic rings. The van der Waals surface area contributed by atoms with Crippen molar-refractivity contribution in [2.75, 3.05) is 0 Å². The van der Waals surface area contributed by atoms with E-state index in [0.29, 0.717) is 0 Å². The van der Waals surface area contributed by atoms with Crippen LogP contribution < -0.4 is 4.72 Å². The lowest BCUT2D eigenvalue weighted by atomic mass is 9.98. The molecule has 0 aliphatic heterocycles. The Bertz CT molecular complexity index is 1160. The van der Waals surface area contributed by atoms with Gasteiger partial charge in [-0.3, -0.25) is 0 Å². The summed E-state index contributed by atoms with van der Waals surface area (Å²) in [7, 11) is -3.68. The van der Waals surface area contributed by atoms with E-state index < -0.39 is 16.1 Å². The van der Waals surface area contributed by atoms with Crippen molar-refractivity contribution in [2.24, 2.45) is 0 Å². The van der Waals surface area contributed by atoms with Crippen molar-refractivity contribution < 1.29 is 8.42 Å². The fourth-order valence-electron chi connectivity index (χ4n) is 3.23. The molecule has 136 valence electrons. The molecule has 5 heteroatoms. The van der Waals surface area contributed by atoms with E-state index >= 15 is 0 Å². The number of hydrogen-bond acceptors (Lipinski definition) is 2. The summed E-state index contributed by atoms with van der Waals surface area (Å²) in [5, 5.41) is 0.999. The predicted molar refractivity (Wildman–Crippen MR) is 108 cm³/mol. The van der Waals surface area contributed by atoms with Gasteiger partial charge in [0, 0.05) is 17.1 Å². The van der Waals surface area contributed by atoms with Crippen LogP contribution in [-0.4, -0.2) is 13.4 Å². The molecule has 1 atom stereocenters. The standard InChI is InChI=1S/C22H20N2O2S/c1-16-11-13-17(14-12-16)22(20-15-23-21-10-6-5-9-19(20)21)24-27(25,26)18-7-3-2-4-8-18/h2-15,22-24H,1H3. The molecule has 1 heterocycles. The Morgan fingerprint density at radius 3 is 2.26 bits per heavy atom. The molecule has 27 heavy (non-hydrogen) atoms. The molecule has 0 radical (unpaired) electrons. The summed E-state index contributed by atoms with van der Waals surface area (Å²) in [4.78, 5) is 3.49. The van der Waals surface area contributed by atoms with E-state index in [1.165, 1.54) is 0 Å². The molecule has 0 bridgehead atoms. The van der Waals surface area contributed by atoms with Gasteiger partial charge in [-0.25, -0.2) is 8.42 Å². The maximum absolute atomic E-state index is 13.0. The van der Waals surface area contributed by atoms with E-state index in [4.69, 9.17) is 0 Å². The highest BCUT2D eigenvalue weighted by Crippen LogP contribution is 2.30. The number of aromatic nitrogens is 1. The van der Waals surface area contributed by atoms with E-state index in [1.54, 1.807) is 30.3 Å². The minimum Gasteiger partial charge on any atom is -0.361 e. The summed E-state index contributed by atoms with van der Waals surface area (Å²) in [5.74, 6) is 0. The Hall–Kier alpha value is -2.89. The van der Waals surface area contributed by atoms with E-state index in [2.05, 4.69) is 9.71 Å². The molecule has 0 aliphatic carbocycles. The second-order valence-electron chi connectivity index (χ2n) is 6.57. The topological polar surface area (TPSA) is 62.0 Å². The third-order valence-electron chi connectivity index (χ3n) is 4.67. The first-order valence-corrected chi connectivity index (χ1v) is 10.2. The zero-order valence-corrected chi connectivity index (χ0v) is 15.7. The second kappa shape index (κ2) is 7.02. The summed E-state index contributed by atoms with van der Waals surface area (Å²) in [6.07, 6.45) is 1.88. The first-order chi connectivity index (χ1) is 13.0. The average Bonchev–Trinajstić information content (AvgIpc) is 3.12. The molecule has 4 rings (SSSR count). The number of nitrogens with one attached hydrogen (secondary N) is 2. The Balaban J connectivity index is 1.83. The van der Waals surface area contributed by atoms with Gasteiger partial charge >= 0.3 is 0 Å². The number of para-hydroxylation sites is 1. The normalized spacial score (nSPS) is 12.9. The fourth-order valence-corrected chi connectivity index (χ4v) is 4.45. The summed E-state index contributed by atoms with van der Waals surface area (Å²) in [5.41, 5.74) is 3.89. The van der Waals surface area contributed by atoms with E-state index in [0.717, 1.165) is 27.6 Å². The molecule has 0 aliphatic rings. The highest BCUT2D eigenvalue weighted by atomic mass is 32.2. The first kappa shape index (κ1) is 17.5. The van der Waals surface area contributed by atoms with Gasteiger partial charge in [0.2, 0.25) is 10.0 Å². The lowest BCUT2D eigenvalue weighted by Crippen LogP contribution is -2.29. The Morgan fingerprint density at radius 2 is 1.52 bits per heavy atom. The average molecular weight is 376 g/mol. The lowest BCUT2D eigenvalue weighted by Gasteiger charge is -2.19. The number of sulfonamides is 1. The van der Waals surface area contributed by atoms with Crippen molar-refractivity contribution in [3.05, 3.63) is 102 Å². The number of H-pyrrole nitrogens is 1. The van der Waals surface area contributed by atoms with Gasteiger partial charge in [-0.05, 0) is 36.2 Å². The Kier molecular flexibility index (Phi) is 4.56. The zero-order valence-electron chi connectivity index (χ0n) is 14.9. The zero-order chi connectivity index (χ0) is 18.9. The van der Waals surface area contributed by atoms with Crippen LogP contribution in [0.1, 0.15) is 22.7 Å². The minimum absolute atomic E-state index is 0.252. The van der Waals surface area contributed by atoms with Gasteiger partial charge in [0.15, 0.2) is 0 Å². The molecule has 3 aromatic carbocycles. The van der Waals surface area contributed by atoms with Crippen molar-refractivity contribution in [1.82, 2.24) is 9.71 Å². The molecule has 1 unspecified atom stereocenters. The SMILES string of the molecule is Cc1ccc(C(NS(=O)(=O)c2ccccc2)c2c[nH]c3ccccc23)cc1. The number of aromatic amines is 1. The summed E-state index contributed by atoms with van der Waals surface area (Å²) >= 11 is 0. The molecule has 0 spiro atoms. The second-order valence-corrected chi connectivity index (χ2v) is 8.28. The van der Waals surface area contributed by atoms with E-state index in [-0.39, 0.29) is 4.90 Å². The van der Waals surface area contributed by atoms with Crippen LogP contribution in [0.25, 0.3) is 10.9 Å². The molecule has 0 saturated carbocycles. The van der Waals surface area contributed by atoms with E-state index in [9.17, 15) is 8.42 Å². The quantitative estimate of drug-likeness (QED) is 0.537. The number of benzene rings is 3. The minimum atomic E-state index is -3.68. The van der Waals surface area contributed by atoms with Gasteiger partial charge < -0.3 is 4.98 Å². The van der Waals surface area contributed by atoms with Gasteiger partial charge in [-0.15, -0.1) is 0 Å². The number of rotatable bonds is 5. The van der Waals surface area contributed by atoms with Crippen LogP contribution in [-0.2, 0) is 10.0 Å².